The van der Waals surface area contributed by atoms with Crippen LogP contribution in [-0.4, -0.2) is 22.5 Å². The predicted molar refractivity (Wildman–Crippen MR) is 58.8 cm³/mol. The Morgan fingerprint density at radius 3 is 2.82 bits per heavy atom. The first-order valence-corrected chi connectivity index (χ1v) is 4.69. The van der Waals surface area contributed by atoms with Crippen molar-refractivity contribution in [3.63, 3.8) is 0 Å². The number of nitro benzene ring substituents is 1. The molecule has 0 aliphatic heterocycles. The number of carboxylic acid groups (broad SMARTS) is 1. The van der Waals surface area contributed by atoms with E-state index in [-0.39, 0.29) is 29.9 Å². The molecular formula is C10H9N3O4. The Balaban J connectivity index is 3.01. The van der Waals surface area contributed by atoms with Crippen molar-refractivity contribution in [3.8, 4) is 6.07 Å². The number of nitrogens with one attached hydrogen (secondary N) is 1. The second-order valence-electron chi connectivity index (χ2n) is 3.13. The Morgan fingerprint density at radius 1 is 1.59 bits per heavy atom. The van der Waals surface area contributed by atoms with E-state index in [2.05, 4.69) is 5.32 Å². The molecular weight excluding hydrogens is 226 g/mol. The van der Waals surface area contributed by atoms with Crippen LogP contribution in [0.25, 0.3) is 0 Å². The SMILES string of the molecule is N#CCCNc1ccc(C(=O)O)cc1[N+](=O)[O-]. The summed E-state index contributed by atoms with van der Waals surface area (Å²) in [6.07, 6.45) is 0.206. The highest BCUT2D eigenvalue weighted by Gasteiger charge is 2.16. The van der Waals surface area contributed by atoms with Crippen molar-refractivity contribution in [1.29, 1.82) is 5.26 Å². The van der Waals surface area contributed by atoms with E-state index in [0.717, 1.165) is 6.07 Å². The van der Waals surface area contributed by atoms with E-state index in [1.807, 2.05) is 6.07 Å². The van der Waals surface area contributed by atoms with Crippen molar-refractivity contribution in [2.45, 2.75) is 6.42 Å². The van der Waals surface area contributed by atoms with Crippen molar-refractivity contribution in [2.24, 2.45) is 0 Å². The molecule has 1 rings (SSSR count). The quantitative estimate of drug-likeness (QED) is 0.455. The number of nitro groups is 1. The van der Waals surface area contributed by atoms with Crippen molar-refractivity contribution in [1.82, 2.24) is 0 Å². The van der Waals surface area contributed by atoms with Crippen LogP contribution in [0.3, 0.4) is 0 Å². The van der Waals surface area contributed by atoms with Crippen LogP contribution in [0.1, 0.15) is 16.8 Å². The van der Waals surface area contributed by atoms with E-state index in [0.29, 0.717) is 0 Å². The third-order valence-corrected chi connectivity index (χ3v) is 1.99. The summed E-state index contributed by atoms with van der Waals surface area (Å²) in [4.78, 5) is 20.7. The van der Waals surface area contributed by atoms with Gasteiger partial charge in [-0.25, -0.2) is 4.79 Å². The average molecular weight is 235 g/mol. The maximum atomic E-state index is 10.7. The number of nitrogens with zero attached hydrogens (tertiary/aromatic N) is 2. The topological polar surface area (TPSA) is 116 Å². The first-order valence-electron chi connectivity index (χ1n) is 4.69. The summed E-state index contributed by atoms with van der Waals surface area (Å²) in [5.74, 6) is -1.23. The van der Waals surface area contributed by atoms with E-state index >= 15 is 0 Å². The molecule has 1 aromatic rings. The normalized spacial score (nSPS) is 9.35. The number of hydrogen-bond acceptors (Lipinski definition) is 5. The van der Waals surface area contributed by atoms with Gasteiger partial charge in [0, 0.05) is 12.6 Å². The van der Waals surface area contributed by atoms with Crippen molar-refractivity contribution >= 4 is 17.3 Å². The molecule has 0 atom stereocenters. The number of anilines is 1. The lowest BCUT2D eigenvalue weighted by atomic mass is 10.1. The van der Waals surface area contributed by atoms with Gasteiger partial charge in [0.05, 0.1) is 23.0 Å². The summed E-state index contributed by atoms with van der Waals surface area (Å²) in [5.41, 5.74) is -0.263. The molecule has 1 aromatic carbocycles. The van der Waals surface area contributed by atoms with Crippen LogP contribution in [0.5, 0.6) is 0 Å². The zero-order valence-electron chi connectivity index (χ0n) is 8.71. The van der Waals surface area contributed by atoms with Gasteiger partial charge in [-0.15, -0.1) is 0 Å². The number of hydrogen-bond donors (Lipinski definition) is 2. The number of benzene rings is 1. The molecule has 0 spiro atoms. The summed E-state index contributed by atoms with van der Waals surface area (Å²) < 4.78 is 0. The second kappa shape index (κ2) is 5.46. The van der Waals surface area contributed by atoms with Crippen molar-refractivity contribution in [2.75, 3.05) is 11.9 Å². The van der Waals surface area contributed by atoms with Gasteiger partial charge < -0.3 is 10.4 Å². The Hall–Kier alpha value is -2.62. The fraction of sp³-hybridized carbons (Fsp3) is 0.200. The van der Waals surface area contributed by atoms with Gasteiger partial charge in [-0.3, -0.25) is 10.1 Å². The van der Waals surface area contributed by atoms with Crippen LogP contribution in [-0.2, 0) is 0 Å². The molecule has 17 heavy (non-hydrogen) atoms. The summed E-state index contributed by atoms with van der Waals surface area (Å²) in [5, 5.41) is 30.5. The molecule has 88 valence electrons. The average Bonchev–Trinajstić information content (AvgIpc) is 2.29. The van der Waals surface area contributed by atoms with E-state index in [4.69, 9.17) is 10.4 Å². The number of carbonyl (C=O) groups is 1. The van der Waals surface area contributed by atoms with Crippen LogP contribution in [0.2, 0.25) is 0 Å². The first kappa shape index (κ1) is 12.4. The van der Waals surface area contributed by atoms with Gasteiger partial charge in [0.15, 0.2) is 0 Å². The molecule has 0 unspecified atom stereocenters. The highest BCUT2D eigenvalue weighted by atomic mass is 16.6. The van der Waals surface area contributed by atoms with Crippen molar-refractivity contribution in [3.05, 3.63) is 33.9 Å². The highest BCUT2D eigenvalue weighted by Crippen LogP contribution is 2.25. The Bertz CT molecular complexity index is 493. The maximum Gasteiger partial charge on any atom is 0.335 e. The maximum absolute atomic E-state index is 10.7. The summed E-state index contributed by atoms with van der Waals surface area (Å²) >= 11 is 0. The van der Waals surface area contributed by atoms with E-state index in [1.165, 1.54) is 12.1 Å². The third-order valence-electron chi connectivity index (χ3n) is 1.99. The Morgan fingerprint density at radius 2 is 2.29 bits per heavy atom. The largest absolute Gasteiger partial charge is 0.478 e. The zero-order chi connectivity index (χ0) is 12.8. The number of rotatable bonds is 5. The monoisotopic (exact) mass is 235 g/mol. The lowest BCUT2D eigenvalue weighted by Gasteiger charge is -2.05. The van der Waals surface area contributed by atoms with E-state index < -0.39 is 10.9 Å². The number of nitriles is 1. The summed E-state index contributed by atoms with van der Waals surface area (Å²) in [7, 11) is 0. The van der Waals surface area contributed by atoms with Gasteiger partial charge in [0.1, 0.15) is 5.69 Å². The van der Waals surface area contributed by atoms with Crippen LogP contribution < -0.4 is 5.32 Å². The predicted octanol–water partition coefficient (Wildman–Crippen LogP) is 1.62. The van der Waals surface area contributed by atoms with Gasteiger partial charge >= 0.3 is 5.97 Å². The van der Waals surface area contributed by atoms with E-state index in [1.54, 1.807) is 0 Å². The zero-order valence-corrected chi connectivity index (χ0v) is 8.71. The molecule has 0 amide bonds. The lowest BCUT2D eigenvalue weighted by molar-refractivity contribution is -0.384. The second-order valence-corrected chi connectivity index (χ2v) is 3.13. The molecule has 0 aliphatic rings. The van der Waals surface area contributed by atoms with Gasteiger partial charge in [0.2, 0.25) is 0 Å². The summed E-state index contributed by atoms with van der Waals surface area (Å²) in [6, 6.07) is 5.46. The molecule has 7 nitrogen and oxygen atoms in total. The Labute approximate surface area is 96.4 Å². The van der Waals surface area contributed by atoms with Crippen molar-refractivity contribution < 1.29 is 14.8 Å². The lowest BCUT2D eigenvalue weighted by Crippen LogP contribution is -2.05. The first-order chi connectivity index (χ1) is 8.06. The molecule has 0 aliphatic carbocycles. The smallest absolute Gasteiger partial charge is 0.335 e. The molecule has 0 saturated heterocycles. The molecule has 0 radical (unpaired) electrons. The minimum atomic E-state index is -1.23. The van der Waals surface area contributed by atoms with Crippen LogP contribution in [0.4, 0.5) is 11.4 Å². The van der Waals surface area contributed by atoms with Crippen LogP contribution in [0.15, 0.2) is 18.2 Å². The van der Waals surface area contributed by atoms with E-state index in [9.17, 15) is 14.9 Å². The van der Waals surface area contributed by atoms with Gasteiger partial charge in [0.25, 0.3) is 5.69 Å². The third kappa shape index (κ3) is 3.17. The molecule has 0 saturated carbocycles. The minimum Gasteiger partial charge on any atom is -0.478 e. The van der Waals surface area contributed by atoms with Gasteiger partial charge in [-0.1, -0.05) is 0 Å². The highest BCUT2D eigenvalue weighted by molar-refractivity contribution is 5.89. The fourth-order valence-electron chi connectivity index (χ4n) is 1.22. The van der Waals surface area contributed by atoms with Gasteiger partial charge in [-0.2, -0.15) is 5.26 Å². The fourth-order valence-corrected chi connectivity index (χ4v) is 1.22. The molecule has 2 N–H and O–H groups in total. The van der Waals surface area contributed by atoms with Crippen LogP contribution in [0, 0.1) is 21.4 Å². The molecule has 0 heterocycles. The molecule has 0 aromatic heterocycles. The summed E-state index contributed by atoms with van der Waals surface area (Å²) in [6.45, 7) is 0.268. The Kier molecular flexibility index (Phi) is 4.00. The standard InChI is InChI=1S/C10H9N3O4/c11-4-1-5-12-8-3-2-7(10(14)15)6-9(8)13(16)17/h2-3,6,12H,1,5H2,(H,14,15). The minimum absolute atomic E-state index is 0.150. The van der Waals surface area contributed by atoms with Gasteiger partial charge in [-0.05, 0) is 12.1 Å². The number of aromatic carboxylic acids is 1. The molecule has 0 fully saturated rings. The number of carboxylic acids is 1. The van der Waals surface area contributed by atoms with Crippen LogP contribution >= 0.6 is 0 Å². The molecule has 0 bridgehead atoms. The molecule has 7 heteroatoms.